The summed E-state index contributed by atoms with van der Waals surface area (Å²) < 4.78 is 5.88. The zero-order valence-electron chi connectivity index (χ0n) is 10.3. The number of nitrogens with two attached hydrogens (primary N) is 1. The van der Waals surface area contributed by atoms with Crippen LogP contribution < -0.4 is 5.73 Å². The molecule has 3 aromatic rings. The van der Waals surface area contributed by atoms with E-state index in [1.54, 1.807) is 0 Å². The number of hydrogen-bond acceptors (Lipinski definition) is 2. The Labute approximate surface area is 106 Å². The van der Waals surface area contributed by atoms with Crippen molar-refractivity contribution in [3.05, 3.63) is 59.7 Å². The first kappa shape index (κ1) is 11.1. The van der Waals surface area contributed by atoms with Gasteiger partial charge in [0.2, 0.25) is 0 Å². The van der Waals surface area contributed by atoms with E-state index in [1.165, 1.54) is 5.56 Å². The molecular formula is C16H15NO. The van der Waals surface area contributed by atoms with Crippen LogP contribution in [0.3, 0.4) is 0 Å². The third-order valence-corrected chi connectivity index (χ3v) is 3.22. The van der Waals surface area contributed by atoms with Crippen molar-refractivity contribution < 1.29 is 4.42 Å². The number of aryl methyl sites for hydroxylation is 1. The highest BCUT2D eigenvalue weighted by Crippen LogP contribution is 2.30. The van der Waals surface area contributed by atoms with E-state index in [4.69, 9.17) is 10.2 Å². The van der Waals surface area contributed by atoms with Crippen LogP contribution in [0.4, 0.5) is 0 Å². The first-order valence-corrected chi connectivity index (χ1v) is 6.06. The van der Waals surface area contributed by atoms with Crippen LogP contribution in [0.25, 0.3) is 22.3 Å². The third-order valence-electron chi connectivity index (χ3n) is 3.22. The predicted molar refractivity (Wildman–Crippen MR) is 74.3 cm³/mol. The van der Waals surface area contributed by atoms with E-state index in [0.29, 0.717) is 6.54 Å². The minimum absolute atomic E-state index is 0.571. The number of hydrogen-bond donors (Lipinski definition) is 1. The molecule has 0 amide bonds. The fourth-order valence-electron chi connectivity index (χ4n) is 2.24. The molecule has 0 fully saturated rings. The van der Waals surface area contributed by atoms with Crippen LogP contribution in [0, 0.1) is 6.92 Å². The molecule has 0 aliphatic heterocycles. The molecule has 0 aliphatic carbocycles. The molecule has 0 unspecified atom stereocenters. The van der Waals surface area contributed by atoms with E-state index < -0.39 is 0 Å². The van der Waals surface area contributed by atoms with Gasteiger partial charge in [0.1, 0.15) is 11.3 Å². The van der Waals surface area contributed by atoms with E-state index in [0.717, 1.165) is 27.9 Å². The molecule has 1 heterocycles. The molecule has 2 nitrogen and oxygen atoms in total. The standard InChI is InChI=1S/C16H15NO/c1-11-8-12(10-17)6-7-14(11)16-9-13-4-2-3-5-15(13)18-16/h2-9H,10,17H2,1H3. The molecule has 0 saturated carbocycles. The lowest BCUT2D eigenvalue weighted by Gasteiger charge is -2.04. The van der Waals surface area contributed by atoms with Crippen LogP contribution in [-0.2, 0) is 6.54 Å². The van der Waals surface area contributed by atoms with Crippen LogP contribution in [-0.4, -0.2) is 0 Å². The second-order valence-corrected chi connectivity index (χ2v) is 4.50. The fraction of sp³-hybridized carbons (Fsp3) is 0.125. The van der Waals surface area contributed by atoms with Gasteiger partial charge in [0.15, 0.2) is 0 Å². The lowest BCUT2D eigenvalue weighted by molar-refractivity contribution is 0.631. The lowest BCUT2D eigenvalue weighted by atomic mass is 10.0. The Balaban J connectivity index is 2.14. The van der Waals surface area contributed by atoms with Crippen LogP contribution in [0.1, 0.15) is 11.1 Å². The Hall–Kier alpha value is -2.06. The predicted octanol–water partition coefficient (Wildman–Crippen LogP) is 3.87. The minimum atomic E-state index is 0.571. The maximum absolute atomic E-state index is 5.88. The fourth-order valence-corrected chi connectivity index (χ4v) is 2.24. The molecule has 0 bridgehead atoms. The second-order valence-electron chi connectivity index (χ2n) is 4.50. The molecule has 2 aromatic carbocycles. The smallest absolute Gasteiger partial charge is 0.135 e. The number of furan rings is 1. The summed E-state index contributed by atoms with van der Waals surface area (Å²) in [6, 6.07) is 16.4. The first-order chi connectivity index (χ1) is 8.78. The molecule has 0 spiro atoms. The molecule has 2 heteroatoms. The molecular weight excluding hydrogens is 222 g/mol. The summed E-state index contributed by atoms with van der Waals surface area (Å²) in [5.41, 5.74) is 10.0. The van der Waals surface area contributed by atoms with E-state index in [1.807, 2.05) is 18.2 Å². The monoisotopic (exact) mass is 237 g/mol. The zero-order chi connectivity index (χ0) is 12.5. The quantitative estimate of drug-likeness (QED) is 0.735. The molecule has 0 radical (unpaired) electrons. The molecule has 1 aromatic heterocycles. The van der Waals surface area contributed by atoms with Gasteiger partial charge in [-0.05, 0) is 30.2 Å². The van der Waals surface area contributed by atoms with Gasteiger partial charge in [-0.1, -0.05) is 36.4 Å². The van der Waals surface area contributed by atoms with Crippen molar-refractivity contribution in [3.8, 4) is 11.3 Å². The van der Waals surface area contributed by atoms with Crippen LogP contribution in [0.15, 0.2) is 52.9 Å². The maximum atomic E-state index is 5.88. The normalized spacial score (nSPS) is 11.0. The van der Waals surface area contributed by atoms with Gasteiger partial charge in [-0.3, -0.25) is 0 Å². The molecule has 0 aliphatic rings. The number of para-hydroxylation sites is 1. The summed E-state index contributed by atoms with van der Waals surface area (Å²) in [7, 11) is 0. The summed E-state index contributed by atoms with van der Waals surface area (Å²) in [4.78, 5) is 0. The highest BCUT2D eigenvalue weighted by atomic mass is 16.3. The van der Waals surface area contributed by atoms with Crippen LogP contribution >= 0.6 is 0 Å². The van der Waals surface area contributed by atoms with Crippen LogP contribution in [0.2, 0.25) is 0 Å². The van der Waals surface area contributed by atoms with Crippen molar-refractivity contribution in [2.45, 2.75) is 13.5 Å². The Morgan fingerprint density at radius 1 is 1.06 bits per heavy atom. The molecule has 90 valence electrons. The third kappa shape index (κ3) is 1.81. The Morgan fingerprint density at radius 3 is 2.61 bits per heavy atom. The highest BCUT2D eigenvalue weighted by Gasteiger charge is 2.08. The molecule has 3 rings (SSSR count). The summed E-state index contributed by atoms with van der Waals surface area (Å²) in [5.74, 6) is 0.914. The Kier molecular flexibility index (Phi) is 2.65. The lowest BCUT2D eigenvalue weighted by Crippen LogP contribution is -1.96. The largest absolute Gasteiger partial charge is 0.456 e. The highest BCUT2D eigenvalue weighted by molar-refractivity contribution is 5.83. The van der Waals surface area contributed by atoms with Crippen molar-refractivity contribution in [2.24, 2.45) is 5.73 Å². The van der Waals surface area contributed by atoms with Gasteiger partial charge in [-0.15, -0.1) is 0 Å². The minimum Gasteiger partial charge on any atom is -0.456 e. The molecule has 0 saturated heterocycles. The van der Waals surface area contributed by atoms with Crippen molar-refractivity contribution in [1.82, 2.24) is 0 Å². The topological polar surface area (TPSA) is 39.2 Å². The number of fused-ring (bicyclic) bond motifs is 1. The average Bonchev–Trinajstić information content (AvgIpc) is 2.81. The zero-order valence-corrected chi connectivity index (χ0v) is 10.3. The summed E-state index contributed by atoms with van der Waals surface area (Å²) in [5, 5.41) is 1.13. The van der Waals surface area contributed by atoms with Crippen molar-refractivity contribution in [2.75, 3.05) is 0 Å². The summed E-state index contributed by atoms with van der Waals surface area (Å²) >= 11 is 0. The van der Waals surface area contributed by atoms with E-state index in [9.17, 15) is 0 Å². The average molecular weight is 237 g/mol. The Bertz CT molecular complexity index is 664. The van der Waals surface area contributed by atoms with Crippen molar-refractivity contribution in [1.29, 1.82) is 0 Å². The maximum Gasteiger partial charge on any atom is 0.135 e. The number of benzene rings is 2. The van der Waals surface area contributed by atoms with Gasteiger partial charge in [0.25, 0.3) is 0 Å². The first-order valence-electron chi connectivity index (χ1n) is 6.06. The van der Waals surface area contributed by atoms with E-state index >= 15 is 0 Å². The summed E-state index contributed by atoms with van der Waals surface area (Å²) in [6.07, 6.45) is 0. The Morgan fingerprint density at radius 2 is 1.89 bits per heavy atom. The number of rotatable bonds is 2. The SMILES string of the molecule is Cc1cc(CN)ccc1-c1cc2ccccc2o1. The van der Waals surface area contributed by atoms with Gasteiger partial charge >= 0.3 is 0 Å². The van der Waals surface area contributed by atoms with Gasteiger partial charge in [-0.2, -0.15) is 0 Å². The van der Waals surface area contributed by atoms with E-state index in [-0.39, 0.29) is 0 Å². The summed E-state index contributed by atoms with van der Waals surface area (Å²) in [6.45, 7) is 2.66. The van der Waals surface area contributed by atoms with Gasteiger partial charge in [0.05, 0.1) is 0 Å². The van der Waals surface area contributed by atoms with Crippen LogP contribution in [0.5, 0.6) is 0 Å². The molecule has 18 heavy (non-hydrogen) atoms. The van der Waals surface area contributed by atoms with E-state index in [2.05, 4.69) is 37.3 Å². The van der Waals surface area contributed by atoms with Gasteiger partial charge < -0.3 is 10.2 Å². The van der Waals surface area contributed by atoms with Crippen molar-refractivity contribution in [3.63, 3.8) is 0 Å². The molecule has 2 N–H and O–H groups in total. The van der Waals surface area contributed by atoms with Crippen molar-refractivity contribution >= 4 is 11.0 Å². The van der Waals surface area contributed by atoms with Gasteiger partial charge in [-0.25, -0.2) is 0 Å². The molecule has 0 atom stereocenters. The van der Waals surface area contributed by atoms with Gasteiger partial charge in [0, 0.05) is 17.5 Å². The second kappa shape index (κ2) is 4.31.